The maximum atomic E-state index is 15.2. The minimum Gasteiger partial charge on any atom is -0.508 e. The zero-order chi connectivity index (χ0) is 35.8. The van der Waals surface area contributed by atoms with Gasteiger partial charge in [-0.1, -0.05) is 71.8 Å². The van der Waals surface area contributed by atoms with Gasteiger partial charge in [-0.25, -0.2) is 0 Å². The van der Waals surface area contributed by atoms with Gasteiger partial charge >= 0.3 is 0 Å². The van der Waals surface area contributed by atoms with E-state index >= 15 is 4.79 Å². The highest BCUT2D eigenvalue weighted by molar-refractivity contribution is 6.22. The van der Waals surface area contributed by atoms with E-state index in [9.17, 15) is 24.3 Å². The zero-order valence-corrected chi connectivity index (χ0v) is 28.5. The van der Waals surface area contributed by atoms with E-state index in [1.807, 2.05) is 73.7 Å². The van der Waals surface area contributed by atoms with E-state index in [4.69, 9.17) is 0 Å². The lowest BCUT2D eigenvalue weighted by molar-refractivity contribution is -0.138. The minimum atomic E-state index is -1.39. The van der Waals surface area contributed by atoms with Gasteiger partial charge in [0.25, 0.3) is 11.8 Å². The number of hydrazine groups is 1. The Morgan fingerprint density at radius 1 is 0.824 bits per heavy atom. The zero-order valence-electron chi connectivity index (χ0n) is 28.5. The lowest BCUT2D eigenvalue weighted by Gasteiger charge is -2.50. The summed E-state index contributed by atoms with van der Waals surface area (Å²) in [7, 11) is 0. The number of imide groups is 2. The second kappa shape index (κ2) is 11.9. The Bertz CT molecular complexity index is 2160. The van der Waals surface area contributed by atoms with Crippen LogP contribution >= 0.6 is 0 Å². The first-order chi connectivity index (χ1) is 24.5. The molecule has 0 bridgehead atoms. The van der Waals surface area contributed by atoms with Crippen LogP contribution in [0.5, 0.6) is 5.75 Å². The summed E-state index contributed by atoms with van der Waals surface area (Å²) in [6, 6.07) is 28.5. The van der Waals surface area contributed by atoms with Crippen LogP contribution in [-0.2, 0) is 24.6 Å². The molecule has 4 aliphatic rings. The molecular formula is C42H37N3O6. The fourth-order valence-corrected chi connectivity index (χ4v) is 9.08. The largest absolute Gasteiger partial charge is 0.508 e. The fourth-order valence-electron chi connectivity index (χ4n) is 9.08. The third-order valence-electron chi connectivity index (χ3n) is 11.5. The number of amides is 4. The van der Waals surface area contributed by atoms with Gasteiger partial charge in [-0.15, -0.1) is 0 Å². The number of allylic oxidation sites excluding steroid dienone is 2. The summed E-state index contributed by atoms with van der Waals surface area (Å²) < 4.78 is 0. The lowest BCUT2D eigenvalue weighted by atomic mass is 9.49. The number of ketones is 1. The van der Waals surface area contributed by atoms with Gasteiger partial charge in [0.1, 0.15) is 5.75 Å². The standard InChI is InChI=1S/C42H37N3O6/c1-23-9-14-29(15-10-23)43-45-39(49)34-22-33-31(18-19-32-36(33)40(50)44(38(32)48)30-16-11-26(12-17-30)25(3)46)37(27-13-20-35(47)24(2)21-27)42(34,41(45)51)28-7-5-4-6-8-28/h4-18,20-21,32-34,36-37,43,47H,19,22H2,1-3H3/t32-,33+,34-,36-,37-,42+/m0/s1. The summed E-state index contributed by atoms with van der Waals surface area (Å²) in [6.45, 7) is 5.21. The van der Waals surface area contributed by atoms with Crippen molar-refractivity contribution < 1.29 is 29.1 Å². The average Bonchev–Trinajstić information content (AvgIpc) is 3.51. The molecule has 9 nitrogen and oxygen atoms in total. The van der Waals surface area contributed by atoms with Crippen LogP contribution in [0, 0.1) is 37.5 Å². The molecule has 3 fully saturated rings. The van der Waals surface area contributed by atoms with Gasteiger partial charge in [-0.05, 0) is 98.7 Å². The summed E-state index contributed by atoms with van der Waals surface area (Å²) in [5, 5.41) is 11.7. The van der Waals surface area contributed by atoms with Gasteiger partial charge in [0, 0.05) is 11.5 Å². The summed E-state index contributed by atoms with van der Waals surface area (Å²) in [6.07, 6.45) is 2.49. The number of rotatable bonds is 6. The molecule has 8 rings (SSSR count). The monoisotopic (exact) mass is 679 g/mol. The Kier molecular flexibility index (Phi) is 7.56. The number of carbonyl (C=O) groups excluding carboxylic acids is 5. The molecular weight excluding hydrogens is 642 g/mol. The Balaban J connectivity index is 1.29. The van der Waals surface area contributed by atoms with Gasteiger partial charge in [0.2, 0.25) is 11.8 Å². The van der Waals surface area contributed by atoms with E-state index in [0.29, 0.717) is 34.5 Å². The maximum Gasteiger partial charge on any atom is 0.260 e. The number of aromatic hydroxyl groups is 1. The normalized spacial score (nSPS) is 26.8. The molecule has 2 aliphatic heterocycles. The molecule has 2 saturated heterocycles. The topological polar surface area (TPSA) is 124 Å². The number of benzene rings is 4. The number of aryl methyl sites for hydroxylation is 2. The molecule has 0 aromatic heterocycles. The first kappa shape index (κ1) is 32.4. The van der Waals surface area contributed by atoms with Crippen LogP contribution < -0.4 is 10.3 Å². The third kappa shape index (κ3) is 4.78. The molecule has 2 heterocycles. The molecule has 256 valence electrons. The number of phenolic OH excluding ortho intramolecular Hbond substituents is 1. The number of anilines is 2. The van der Waals surface area contributed by atoms with Gasteiger partial charge in [0.05, 0.1) is 34.5 Å². The van der Waals surface area contributed by atoms with E-state index in [0.717, 1.165) is 21.7 Å². The van der Waals surface area contributed by atoms with E-state index in [-0.39, 0.29) is 29.8 Å². The molecule has 51 heavy (non-hydrogen) atoms. The second-order valence-electron chi connectivity index (χ2n) is 14.3. The van der Waals surface area contributed by atoms with Crippen LogP contribution in [0.15, 0.2) is 109 Å². The number of nitrogens with one attached hydrogen (secondary N) is 1. The predicted molar refractivity (Wildman–Crippen MR) is 191 cm³/mol. The molecule has 9 heteroatoms. The van der Waals surface area contributed by atoms with Crippen molar-refractivity contribution in [2.45, 2.75) is 44.9 Å². The van der Waals surface area contributed by atoms with E-state index < -0.39 is 46.8 Å². The predicted octanol–water partition coefficient (Wildman–Crippen LogP) is 6.40. The molecule has 4 aromatic carbocycles. The molecule has 1 saturated carbocycles. The van der Waals surface area contributed by atoms with Crippen molar-refractivity contribution in [3.8, 4) is 5.75 Å². The molecule has 2 N–H and O–H groups in total. The highest BCUT2D eigenvalue weighted by atomic mass is 16.3. The van der Waals surface area contributed by atoms with Crippen molar-refractivity contribution >= 4 is 40.8 Å². The van der Waals surface area contributed by atoms with Crippen LogP contribution in [0.2, 0.25) is 0 Å². The number of hydrogen-bond donors (Lipinski definition) is 2. The first-order valence-corrected chi connectivity index (χ1v) is 17.3. The van der Waals surface area contributed by atoms with Gasteiger partial charge in [-0.2, -0.15) is 5.01 Å². The number of carbonyl (C=O) groups is 5. The number of nitrogens with zero attached hydrogens (tertiary/aromatic N) is 2. The SMILES string of the molecule is CC(=O)c1ccc(N2C(=O)[C@H]3[C@H](CC=C4[C@H]3C[C@H]3C(=O)N(Nc5ccc(C)cc5)C(=O)[C@@]3(c3ccccc3)[C@H]4c3ccc(O)c(C)c3)C2=O)cc1. The van der Waals surface area contributed by atoms with Crippen molar-refractivity contribution in [1.82, 2.24) is 5.01 Å². The second-order valence-corrected chi connectivity index (χ2v) is 14.3. The number of Topliss-reactive ketones (excluding diaryl/α,β-unsaturated/α-hetero) is 1. The van der Waals surface area contributed by atoms with E-state index in [1.165, 1.54) is 11.8 Å². The Morgan fingerprint density at radius 2 is 1.53 bits per heavy atom. The van der Waals surface area contributed by atoms with E-state index in [1.54, 1.807) is 43.3 Å². The van der Waals surface area contributed by atoms with Crippen LogP contribution in [0.4, 0.5) is 11.4 Å². The Hall–Kier alpha value is -5.83. The molecule has 0 radical (unpaired) electrons. The fraction of sp³-hybridized carbons (Fsp3) is 0.262. The summed E-state index contributed by atoms with van der Waals surface area (Å²) in [4.78, 5) is 71.7. The quantitative estimate of drug-likeness (QED) is 0.137. The first-order valence-electron chi connectivity index (χ1n) is 17.3. The average molecular weight is 680 g/mol. The lowest BCUT2D eigenvalue weighted by Crippen LogP contribution is -2.53. The Labute approximate surface area is 295 Å². The number of hydrogen-bond acceptors (Lipinski definition) is 7. The van der Waals surface area contributed by atoms with Crippen molar-refractivity contribution in [1.29, 1.82) is 0 Å². The molecule has 6 atom stereocenters. The molecule has 0 spiro atoms. The van der Waals surface area contributed by atoms with Crippen molar-refractivity contribution in [2.24, 2.45) is 23.7 Å². The highest BCUT2D eigenvalue weighted by Crippen LogP contribution is 2.64. The van der Waals surface area contributed by atoms with Crippen LogP contribution in [-0.4, -0.2) is 39.5 Å². The third-order valence-corrected chi connectivity index (χ3v) is 11.5. The number of fused-ring (bicyclic) bond motifs is 4. The van der Waals surface area contributed by atoms with Crippen LogP contribution in [0.1, 0.15) is 58.3 Å². The summed E-state index contributed by atoms with van der Waals surface area (Å²) in [5.74, 6) is -4.95. The van der Waals surface area contributed by atoms with E-state index in [2.05, 4.69) is 5.43 Å². The molecule has 0 unspecified atom stereocenters. The highest BCUT2D eigenvalue weighted by Gasteiger charge is 2.70. The van der Waals surface area contributed by atoms with Crippen molar-refractivity contribution in [2.75, 3.05) is 10.3 Å². The summed E-state index contributed by atoms with van der Waals surface area (Å²) >= 11 is 0. The smallest absolute Gasteiger partial charge is 0.260 e. The number of phenols is 1. The van der Waals surface area contributed by atoms with Crippen molar-refractivity contribution in [3.05, 3.63) is 137 Å². The maximum absolute atomic E-state index is 15.2. The van der Waals surface area contributed by atoms with Gasteiger partial charge in [0.15, 0.2) is 5.78 Å². The van der Waals surface area contributed by atoms with Gasteiger partial charge < -0.3 is 5.11 Å². The molecule has 2 aliphatic carbocycles. The molecule has 4 aromatic rings. The van der Waals surface area contributed by atoms with Gasteiger partial charge in [-0.3, -0.25) is 34.3 Å². The van der Waals surface area contributed by atoms with Crippen molar-refractivity contribution in [3.63, 3.8) is 0 Å². The van der Waals surface area contributed by atoms with Crippen LogP contribution in [0.3, 0.4) is 0 Å². The Morgan fingerprint density at radius 3 is 2.20 bits per heavy atom. The summed E-state index contributed by atoms with van der Waals surface area (Å²) in [5.41, 5.74) is 7.09. The van der Waals surface area contributed by atoms with Crippen LogP contribution in [0.25, 0.3) is 0 Å². The molecule has 4 amide bonds. The minimum absolute atomic E-state index is 0.105.